The van der Waals surface area contributed by atoms with E-state index in [4.69, 9.17) is 0 Å². The normalized spacial score (nSPS) is 21.3. The van der Waals surface area contributed by atoms with Crippen molar-refractivity contribution in [2.45, 2.75) is 65.4 Å². The first-order chi connectivity index (χ1) is 9.00. The van der Waals surface area contributed by atoms with E-state index in [2.05, 4.69) is 45.0 Å². The molecule has 1 nitrogen and oxygen atoms in total. The molecule has 0 aliphatic heterocycles. The van der Waals surface area contributed by atoms with Crippen molar-refractivity contribution >= 4 is 0 Å². The van der Waals surface area contributed by atoms with Gasteiger partial charge in [-0.2, -0.15) is 0 Å². The molecule has 106 valence electrons. The molecule has 1 aliphatic carbocycles. The van der Waals surface area contributed by atoms with Gasteiger partial charge in [-0.15, -0.1) is 0 Å². The molecule has 0 amide bonds. The second-order valence-corrected chi connectivity index (χ2v) is 6.94. The van der Waals surface area contributed by atoms with Gasteiger partial charge in [0.05, 0.1) is 6.10 Å². The highest BCUT2D eigenvalue weighted by Crippen LogP contribution is 2.39. The lowest BCUT2D eigenvalue weighted by Gasteiger charge is -2.36. The van der Waals surface area contributed by atoms with Crippen LogP contribution in [-0.4, -0.2) is 11.2 Å². The summed E-state index contributed by atoms with van der Waals surface area (Å²) in [5, 5.41) is 10.4. The summed E-state index contributed by atoms with van der Waals surface area (Å²) in [6.45, 7) is 6.87. The molecule has 1 atom stereocenters. The van der Waals surface area contributed by atoms with Crippen molar-refractivity contribution in [3.05, 3.63) is 35.4 Å². The van der Waals surface area contributed by atoms with E-state index in [1.54, 1.807) is 0 Å². The Hall–Kier alpha value is -0.820. The monoisotopic (exact) mass is 260 g/mol. The maximum absolute atomic E-state index is 10.4. The Bertz CT molecular complexity index is 381. The molecule has 0 spiro atoms. The molecule has 1 heteroatoms. The van der Waals surface area contributed by atoms with Gasteiger partial charge in [0, 0.05) is 0 Å². The smallest absolute Gasteiger partial charge is 0.0608 e. The summed E-state index contributed by atoms with van der Waals surface area (Å²) in [6.07, 6.45) is 6.61. The zero-order chi connectivity index (χ0) is 13.9. The molecule has 0 saturated heterocycles. The number of hydrogen-bond donors (Lipinski definition) is 1. The Morgan fingerprint density at radius 2 is 1.63 bits per heavy atom. The van der Waals surface area contributed by atoms with Crippen molar-refractivity contribution < 1.29 is 5.11 Å². The molecule has 1 saturated carbocycles. The molecule has 1 unspecified atom stereocenters. The summed E-state index contributed by atoms with van der Waals surface area (Å²) in [5.74, 6) is 0.499. The number of rotatable bonds is 4. The third-order valence-corrected chi connectivity index (χ3v) is 4.80. The van der Waals surface area contributed by atoms with Crippen LogP contribution in [0.25, 0.3) is 0 Å². The van der Waals surface area contributed by atoms with Crippen LogP contribution in [-0.2, 0) is 12.8 Å². The van der Waals surface area contributed by atoms with Crippen LogP contribution in [0.1, 0.15) is 57.6 Å². The third-order valence-electron chi connectivity index (χ3n) is 4.80. The van der Waals surface area contributed by atoms with Gasteiger partial charge in [-0.3, -0.25) is 0 Å². The zero-order valence-electron chi connectivity index (χ0n) is 12.7. The average molecular weight is 260 g/mol. The summed E-state index contributed by atoms with van der Waals surface area (Å²) < 4.78 is 0. The predicted octanol–water partition coefficient (Wildman–Crippen LogP) is 4.37. The van der Waals surface area contributed by atoms with Gasteiger partial charge >= 0.3 is 0 Å². The first kappa shape index (κ1) is 14.6. The zero-order valence-corrected chi connectivity index (χ0v) is 12.7. The van der Waals surface area contributed by atoms with Gasteiger partial charge in [0.2, 0.25) is 0 Å². The lowest BCUT2D eigenvalue weighted by Crippen LogP contribution is -2.30. The molecule has 1 fully saturated rings. The lowest BCUT2D eigenvalue weighted by atomic mass is 9.71. The van der Waals surface area contributed by atoms with Crippen LogP contribution in [0.15, 0.2) is 24.3 Å². The van der Waals surface area contributed by atoms with E-state index in [9.17, 15) is 5.11 Å². The van der Waals surface area contributed by atoms with Crippen LogP contribution < -0.4 is 0 Å². The maximum atomic E-state index is 10.4. The van der Waals surface area contributed by atoms with Crippen molar-refractivity contribution in [1.29, 1.82) is 0 Å². The summed E-state index contributed by atoms with van der Waals surface area (Å²) in [4.78, 5) is 0. The van der Waals surface area contributed by atoms with Crippen molar-refractivity contribution in [3.63, 3.8) is 0 Å². The minimum Gasteiger partial charge on any atom is -0.392 e. The Balaban J connectivity index is 1.88. The maximum Gasteiger partial charge on any atom is 0.0608 e. The second-order valence-electron chi connectivity index (χ2n) is 6.94. The largest absolute Gasteiger partial charge is 0.392 e. The number of aryl methyl sites for hydroxylation is 1. The summed E-state index contributed by atoms with van der Waals surface area (Å²) in [6, 6.07) is 8.72. The highest BCUT2D eigenvalue weighted by Gasteiger charge is 2.30. The highest BCUT2D eigenvalue weighted by atomic mass is 16.3. The van der Waals surface area contributed by atoms with E-state index in [0.29, 0.717) is 11.3 Å². The van der Waals surface area contributed by atoms with Crippen molar-refractivity contribution in [2.75, 3.05) is 0 Å². The summed E-state index contributed by atoms with van der Waals surface area (Å²) in [7, 11) is 0. The van der Waals surface area contributed by atoms with Crippen LogP contribution in [0.2, 0.25) is 0 Å². The predicted molar refractivity (Wildman–Crippen MR) is 81.3 cm³/mol. The first-order valence-electron chi connectivity index (χ1n) is 7.76. The molecule has 0 heterocycles. The van der Waals surface area contributed by atoms with E-state index < -0.39 is 0 Å². The fourth-order valence-electron chi connectivity index (χ4n) is 3.13. The van der Waals surface area contributed by atoms with E-state index in [1.807, 2.05) is 0 Å². The van der Waals surface area contributed by atoms with Crippen LogP contribution in [0.5, 0.6) is 0 Å². The summed E-state index contributed by atoms with van der Waals surface area (Å²) in [5.41, 5.74) is 3.13. The standard InChI is InChI=1S/C18H28O/c1-4-14-5-7-15(8-6-14)13-17(19)16-9-11-18(2,3)12-10-16/h5-8,16-17,19H,4,9-13H2,1-3H3. The SMILES string of the molecule is CCc1ccc(CC(O)C2CCC(C)(C)CC2)cc1. The number of aliphatic hydroxyl groups excluding tert-OH is 1. The molecule has 1 N–H and O–H groups in total. The van der Waals surface area contributed by atoms with E-state index >= 15 is 0 Å². The number of benzene rings is 1. The Labute approximate surface area is 118 Å². The van der Waals surface area contributed by atoms with Gasteiger partial charge in [-0.25, -0.2) is 0 Å². The van der Waals surface area contributed by atoms with Gasteiger partial charge < -0.3 is 5.11 Å². The van der Waals surface area contributed by atoms with E-state index in [1.165, 1.54) is 36.8 Å². The number of hydrogen-bond acceptors (Lipinski definition) is 1. The quantitative estimate of drug-likeness (QED) is 0.852. The van der Waals surface area contributed by atoms with E-state index in [0.717, 1.165) is 12.8 Å². The number of aliphatic hydroxyl groups is 1. The van der Waals surface area contributed by atoms with Crippen molar-refractivity contribution in [2.24, 2.45) is 11.3 Å². The Morgan fingerprint density at radius 3 is 2.16 bits per heavy atom. The molecule has 2 rings (SSSR count). The van der Waals surface area contributed by atoms with Crippen LogP contribution in [0, 0.1) is 11.3 Å². The molecular formula is C18H28O. The van der Waals surface area contributed by atoms with Crippen molar-refractivity contribution in [1.82, 2.24) is 0 Å². The molecular weight excluding hydrogens is 232 g/mol. The van der Waals surface area contributed by atoms with Crippen LogP contribution in [0.4, 0.5) is 0 Å². The molecule has 0 radical (unpaired) electrons. The van der Waals surface area contributed by atoms with Gasteiger partial charge in [0.15, 0.2) is 0 Å². The molecule has 0 bridgehead atoms. The van der Waals surface area contributed by atoms with Crippen LogP contribution >= 0.6 is 0 Å². The average Bonchev–Trinajstić information content (AvgIpc) is 2.39. The lowest BCUT2D eigenvalue weighted by molar-refractivity contribution is 0.0576. The van der Waals surface area contributed by atoms with Crippen LogP contribution in [0.3, 0.4) is 0 Å². The first-order valence-corrected chi connectivity index (χ1v) is 7.76. The Kier molecular flexibility index (Phi) is 4.67. The minimum atomic E-state index is -0.163. The topological polar surface area (TPSA) is 20.2 Å². The fourth-order valence-corrected chi connectivity index (χ4v) is 3.13. The van der Waals surface area contributed by atoms with Crippen molar-refractivity contribution in [3.8, 4) is 0 Å². The summed E-state index contributed by atoms with van der Waals surface area (Å²) >= 11 is 0. The highest BCUT2D eigenvalue weighted by molar-refractivity contribution is 5.23. The van der Waals surface area contributed by atoms with Gasteiger partial charge in [0.1, 0.15) is 0 Å². The molecule has 19 heavy (non-hydrogen) atoms. The fraction of sp³-hybridized carbons (Fsp3) is 0.667. The molecule has 1 aliphatic rings. The third kappa shape index (κ3) is 4.07. The second kappa shape index (κ2) is 6.09. The molecule has 1 aromatic carbocycles. The van der Waals surface area contributed by atoms with Gasteiger partial charge in [0.25, 0.3) is 0 Å². The molecule has 1 aromatic rings. The Morgan fingerprint density at radius 1 is 1.11 bits per heavy atom. The van der Waals surface area contributed by atoms with E-state index in [-0.39, 0.29) is 6.10 Å². The van der Waals surface area contributed by atoms with Gasteiger partial charge in [-0.1, -0.05) is 45.0 Å². The minimum absolute atomic E-state index is 0.163. The molecule has 0 aromatic heterocycles. The van der Waals surface area contributed by atoms with Gasteiger partial charge in [-0.05, 0) is 61.0 Å².